The maximum absolute atomic E-state index is 12.8. The van der Waals surface area contributed by atoms with E-state index in [0.717, 1.165) is 0 Å². The van der Waals surface area contributed by atoms with E-state index in [2.05, 4.69) is 6.58 Å². The molecular formula is C25H24O8. The second kappa shape index (κ2) is 8.46. The van der Waals surface area contributed by atoms with Gasteiger partial charge in [0.2, 0.25) is 5.79 Å². The molecule has 8 heteroatoms. The zero-order valence-corrected chi connectivity index (χ0v) is 18.5. The second-order valence-corrected chi connectivity index (χ2v) is 7.92. The zero-order chi connectivity index (χ0) is 23.8. The molecule has 0 atom stereocenters. The summed E-state index contributed by atoms with van der Waals surface area (Å²) in [5.41, 5.74) is 0.690. The SMILES string of the molecule is C=CCc1c(-c2cc(=O)c3c(O)cc(OCC4=COC(C)(C)O4)cc3o2)ccc(OC)c1O. The van der Waals surface area contributed by atoms with Gasteiger partial charge in [-0.05, 0) is 18.6 Å². The van der Waals surface area contributed by atoms with E-state index in [1.165, 1.54) is 31.6 Å². The lowest BCUT2D eigenvalue weighted by Gasteiger charge is -2.18. The van der Waals surface area contributed by atoms with Gasteiger partial charge in [0, 0.05) is 43.2 Å². The monoisotopic (exact) mass is 452 g/mol. The normalized spacial score (nSPS) is 14.3. The minimum absolute atomic E-state index is 0.0231. The van der Waals surface area contributed by atoms with Crippen molar-refractivity contribution in [2.45, 2.75) is 26.1 Å². The van der Waals surface area contributed by atoms with Gasteiger partial charge in [-0.2, -0.15) is 0 Å². The van der Waals surface area contributed by atoms with E-state index in [9.17, 15) is 15.0 Å². The molecule has 0 saturated carbocycles. The van der Waals surface area contributed by atoms with Crippen molar-refractivity contribution in [2.75, 3.05) is 13.7 Å². The van der Waals surface area contributed by atoms with Crippen LogP contribution in [0.5, 0.6) is 23.0 Å². The Kier molecular flexibility index (Phi) is 5.68. The molecule has 0 unspecified atom stereocenters. The maximum atomic E-state index is 12.8. The highest BCUT2D eigenvalue weighted by atomic mass is 16.7. The Balaban J connectivity index is 1.74. The highest BCUT2D eigenvalue weighted by Gasteiger charge is 2.28. The van der Waals surface area contributed by atoms with Gasteiger partial charge >= 0.3 is 0 Å². The number of hydrogen-bond acceptors (Lipinski definition) is 8. The van der Waals surface area contributed by atoms with Crippen LogP contribution in [0, 0.1) is 0 Å². The summed E-state index contributed by atoms with van der Waals surface area (Å²) in [5, 5.41) is 21.0. The molecule has 0 saturated heterocycles. The molecule has 8 nitrogen and oxygen atoms in total. The predicted molar refractivity (Wildman–Crippen MR) is 122 cm³/mol. The van der Waals surface area contributed by atoms with Crippen LogP contribution in [0.25, 0.3) is 22.3 Å². The largest absolute Gasteiger partial charge is 0.507 e. The molecule has 0 amide bonds. The fourth-order valence-corrected chi connectivity index (χ4v) is 3.61. The van der Waals surface area contributed by atoms with E-state index >= 15 is 0 Å². The first-order valence-corrected chi connectivity index (χ1v) is 10.2. The first kappa shape index (κ1) is 22.1. The van der Waals surface area contributed by atoms with Crippen LogP contribution in [0.2, 0.25) is 0 Å². The van der Waals surface area contributed by atoms with E-state index < -0.39 is 11.2 Å². The Bertz CT molecular complexity index is 1320. The Hall–Kier alpha value is -4.07. The Labute approximate surface area is 189 Å². The molecule has 2 N–H and O–H groups in total. The second-order valence-electron chi connectivity index (χ2n) is 7.92. The third kappa shape index (κ3) is 4.32. The van der Waals surface area contributed by atoms with E-state index in [4.69, 9.17) is 23.4 Å². The van der Waals surface area contributed by atoms with E-state index in [-0.39, 0.29) is 40.6 Å². The summed E-state index contributed by atoms with van der Waals surface area (Å²) in [4.78, 5) is 12.8. The van der Waals surface area contributed by atoms with E-state index in [0.29, 0.717) is 29.1 Å². The van der Waals surface area contributed by atoms with Crippen molar-refractivity contribution in [1.29, 1.82) is 0 Å². The summed E-state index contributed by atoms with van der Waals surface area (Å²) in [7, 11) is 1.45. The lowest BCUT2D eigenvalue weighted by molar-refractivity contribution is -0.119. The number of phenolic OH excluding ortho intramolecular Hbond substituents is 2. The summed E-state index contributed by atoms with van der Waals surface area (Å²) in [6.45, 7) is 7.33. The van der Waals surface area contributed by atoms with Gasteiger partial charge in [-0.3, -0.25) is 4.79 Å². The summed E-state index contributed by atoms with van der Waals surface area (Å²) >= 11 is 0. The Morgan fingerprint density at radius 3 is 2.64 bits per heavy atom. The van der Waals surface area contributed by atoms with Gasteiger partial charge in [0.05, 0.1) is 7.11 Å². The number of phenols is 2. The molecule has 1 aromatic heterocycles. The molecule has 1 aliphatic heterocycles. The summed E-state index contributed by atoms with van der Waals surface area (Å²) < 4.78 is 27.8. The first-order valence-electron chi connectivity index (χ1n) is 10.2. The van der Waals surface area contributed by atoms with Crippen LogP contribution in [0.3, 0.4) is 0 Å². The van der Waals surface area contributed by atoms with Gasteiger partial charge in [0.15, 0.2) is 22.7 Å². The fraction of sp³-hybridized carbons (Fsp3) is 0.240. The molecule has 172 valence electrons. The van der Waals surface area contributed by atoms with Crippen LogP contribution in [0.15, 0.2) is 64.2 Å². The Morgan fingerprint density at radius 1 is 1.18 bits per heavy atom. The molecule has 33 heavy (non-hydrogen) atoms. The molecular weight excluding hydrogens is 428 g/mol. The van der Waals surface area contributed by atoms with E-state index in [1.54, 1.807) is 32.1 Å². The van der Waals surface area contributed by atoms with Crippen molar-refractivity contribution in [3.63, 3.8) is 0 Å². The molecule has 2 heterocycles. The lowest BCUT2D eigenvalue weighted by Crippen LogP contribution is -2.21. The topological polar surface area (TPSA) is 108 Å². The number of allylic oxidation sites excluding steroid dienone is 1. The minimum atomic E-state index is -0.765. The van der Waals surface area contributed by atoms with Crippen LogP contribution in [0.4, 0.5) is 0 Å². The average molecular weight is 452 g/mol. The molecule has 1 aliphatic rings. The van der Waals surface area contributed by atoms with Crippen molar-refractivity contribution in [3.05, 3.63) is 70.8 Å². The molecule has 4 rings (SSSR count). The number of fused-ring (bicyclic) bond motifs is 1. The van der Waals surface area contributed by atoms with Gasteiger partial charge in [-0.25, -0.2) is 0 Å². The predicted octanol–water partition coefficient (Wildman–Crippen LogP) is 4.61. The van der Waals surface area contributed by atoms with Gasteiger partial charge < -0.3 is 33.6 Å². The van der Waals surface area contributed by atoms with Gasteiger partial charge in [-0.1, -0.05) is 6.08 Å². The maximum Gasteiger partial charge on any atom is 0.244 e. The molecule has 0 radical (unpaired) electrons. The quantitative estimate of drug-likeness (QED) is 0.501. The zero-order valence-electron chi connectivity index (χ0n) is 18.5. The van der Waals surface area contributed by atoms with Crippen molar-refractivity contribution in [1.82, 2.24) is 0 Å². The van der Waals surface area contributed by atoms with Gasteiger partial charge in [0.25, 0.3) is 0 Å². The summed E-state index contributed by atoms with van der Waals surface area (Å²) in [5.74, 6) is 0.172. The van der Waals surface area contributed by atoms with Crippen molar-refractivity contribution >= 4 is 11.0 Å². The fourth-order valence-electron chi connectivity index (χ4n) is 3.61. The number of benzene rings is 2. The van der Waals surface area contributed by atoms with Gasteiger partial charge in [0.1, 0.15) is 41.1 Å². The number of methoxy groups -OCH3 is 1. The van der Waals surface area contributed by atoms with Crippen LogP contribution < -0.4 is 14.9 Å². The smallest absolute Gasteiger partial charge is 0.244 e. The number of hydrogen-bond donors (Lipinski definition) is 2. The molecule has 0 aliphatic carbocycles. The molecule has 0 bridgehead atoms. The molecule has 2 aromatic carbocycles. The summed E-state index contributed by atoms with van der Waals surface area (Å²) in [6.07, 6.45) is 3.41. The standard InChI is InChI=1S/C25H24O8/c1-5-6-17-16(7-8-20(29-4)24(17)28)21-11-19(27)23-18(26)9-14(10-22(23)32-21)30-12-15-13-31-25(2,3)33-15/h5,7-11,13,26,28H,1,6,12H2,2-4H3. The minimum Gasteiger partial charge on any atom is -0.507 e. The van der Waals surface area contributed by atoms with Gasteiger partial charge in [-0.15, -0.1) is 6.58 Å². The third-order valence-electron chi connectivity index (χ3n) is 5.10. The third-order valence-corrected chi connectivity index (χ3v) is 5.10. The molecule has 0 fully saturated rings. The van der Waals surface area contributed by atoms with Crippen molar-refractivity contribution in [2.24, 2.45) is 0 Å². The van der Waals surface area contributed by atoms with Crippen LogP contribution in [-0.4, -0.2) is 29.7 Å². The summed E-state index contributed by atoms with van der Waals surface area (Å²) in [6, 6.07) is 7.39. The molecule has 0 spiro atoms. The average Bonchev–Trinajstić information content (AvgIpc) is 3.11. The lowest BCUT2D eigenvalue weighted by atomic mass is 9.99. The highest BCUT2D eigenvalue weighted by molar-refractivity contribution is 5.86. The van der Waals surface area contributed by atoms with Crippen LogP contribution >= 0.6 is 0 Å². The van der Waals surface area contributed by atoms with Crippen LogP contribution in [0.1, 0.15) is 19.4 Å². The molecule has 3 aromatic rings. The number of rotatable bonds is 7. The number of ether oxygens (including phenoxy) is 4. The number of aromatic hydroxyl groups is 2. The first-order chi connectivity index (χ1) is 15.7. The Morgan fingerprint density at radius 2 is 1.97 bits per heavy atom. The van der Waals surface area contributed by atoms with Crippen LogP contribution in [-0.2, 0) is 15.9 Å². The van der Waals surface area contributed by atoms with E-state index in [1.807, 2.05) is 0 Å². The van der Waals surface area contributed by atoms with Crippen molar-refractivity contribution in [3.8, 4) is 34.3 Å². The highest BCUT2D eigenvalue weighted by Crippen LogP contribution is 2.39. The van der Waals surface area contributed by atoms with Crippen molar-refractivity contribution < 1.29 is 33.6 Å².